The molecular weight excluding hydrogens is 214 g/mol. The van der Waals surface area contributed by atoms with Gasteiger partial charge < -0.3 is 10.4 Å². The van der Waals surface area contributed by atoms with Gasteiger partial charge in [-0.1, -0.05) is 23.8 Å². The van der Waals surface area contributed by atoms with Gasteiger partial charge in [0.25, 0.3) is 0 Å². The SMILES string of the molecule is C=C(C)CNc1ccc(Cl)cc1C(=O)O. The van der Waals surface area contributed by atoms with E-state index in [0.717, 1.165) is 5.57 Å². The number of carboxylic acid groups (broad SMARTS) is 1. The number of anilines is 1. The lowest BCUT2D eigenvalue weighted by Gasteiger charge is -2.09. The summed E-state index contributed by atoms with van der Waals surface area (Å²) in [5, 5.41) is 12.3. The molecule has 0 atom stereocenters. The van der Waals surface area contributed by atoms with E-state index in [-0.39, 0.29) is 5.56 Å². The smallest absolute Gasteiger partial charge is 0.337 e. The van der Waals surface area contributed by atoms with E-state index in [2.05, 4.69) is 11.9 Å². The van der Waals surface area contributed by atoms with Gasteiger partial charge in [-0.05, 0) is 25.1 Å². The Bertz CT molecular complexity index is 402. The second kappa shape index (κ2) is 4.84. The lowest BCUT2D eigenvalue weighted by atomic mass is 10.1. The van der Waals surface area contributed by atoms with Crippen molar-refractivity contribution < 1.29 is 9.90 Å². The van der Waals surface area contributed by atoms with Crippen molar-refractivity contribution >= 4 is 23.3 Å². The molecule has 0 heterocycles. The number of carbonyl (C=O) groups is 1. The van der Waals surface area contributed by atoms with E-state index < -0.39 is 5.97 Å². The molecule has 15 heavy (non-hydrogen) atoms. The first kappa shape index (κ1) is 11.6. The van der Waals surface area contributed by atoms with E-state index >= 15 is 0 Å². The van der Waals surface area contributed by atoms with Crippen molar-refractivity contribution in [3.63, 3.8) is 0 Å². The fourth-order valence-electron chi connectivity index (χ4n) is 1.09. The molecule has 4 heteroatoms. The second-order valence-electron chi connectivity index (χ2n) is 3.31. The summed E-state index contributed by atoms with van der Waals surface area (Å²) in [5.41, 5.74) is 1.65. The Morgan fingerprint density at radius 1 is 1.60 bits per heavy atom. The monoisotopic (exact) mass is 225 g/mol. The molecule has 0 fully saturated rings. The predicted octanol–water partition coefficient (Wildman–Crippen LogP) is 3.03. The largest absolute Gasteiger partial charge is 0.478 e. The summed E-state index contributed by atoms with van der Waals surface area (Å²) in [6.07, 6.45) is 0. The third-order valence-corrected chi connectivity index (χ3v) is 2.03. The summed E-state index contributed by atoms with van der Waals surface area (Å²) in [7, 11) is 0. The maximum atomic E-state index is 10.9. The van der Waals surface area contributed by atoms with Crippen LogP contribution in [-0.4, -0.2) is 17.6 Å². The van der Waals surface area contributed by atoms with Gasteiger partial charge >= 0.3 is 5.97 Å². The first-order valence-electron chi connectivity index (χ1n) is 4.42. The van der Waals surface area contributed by atoms with Gasteiger partial charge in [0.1, 0.15) is 0 Å². The zero-order chi connectivity index (χ0) is 11.4. The van der Waals surface area contributed by atoms with Crippen molar-refractivity contribution in [2.24, 2.45) is 0 Å². The molecule has 0 aliphatic heterocycles. The third kappa shape index (κ3) is 3.29. The highest BCUT2D eigenvalue weighted by Crippen LogP contribution is 2.20. The average molecular weight is 226 g/mol. The number of halogens is 1. The Kier molecular flexibility index (Phi) is 3.74. The number of nitrogens with one attached hydrogen (secondary N) is 1. The van der Waals surface area contributed by atoms with Crippen LogP contribution in [0.3, 0.4) is 0 Å². The zero-order valence-corrected chi connectivity index (χ0v) is 9.14. The minimum absolute atomic E-state index is 0.170. The second-order valence-corrected chi connectivity index (χ2v) is 3.74. The van der Waals surface area contributed by atoms with Crippen molar-refractivity contribution in [2.75, 3.05) is 11.9 Å². The lowest BCUT2D eigenvalue weighted by molar-refractivity contribution is 0.0698. The van der Waals surface area contributed by atoms with E-state index in [1.807, 2.05) is 6.92 Å². The molecule has 0 saturated carbocycles. The normalized spacial score (nSPS) is 9.73. The standard InChI is InChI=1S/C11H12ClNO2/c1-7(2)6-13-10-4-3-8(12)5-9(10)11(14)15/h3-5,13H,1,6H2,2H3,(H,14,15). The van der Waals surface area contributed by atoms with Crippen LogP contribution in [0, 0.1) is 0 Å². The predicted molar refractivity (Wildman–Crippen MR) is 61.7 cm³/mol. The van der Waals surface area contributed by atoms with Gasteiger partial charge in [-0.25, -0.2) is 4.79 Å². The summed E-state index contributed by atoms with van der Waals surface area (Å²) in [6, 6.07) is 4.72. The Morgan fingerprint density at radius 3 is 2.80 bits per heavy atom. The van der Waals surface area contributed by atoms with Crippen molar-refractivity contribution in [2.45, 2.75) is 6.92 Å². The summed E-state index contributed by atoms with van der Waals surface area (Å²) in [4.78, 5) is 10.9. The molecule has 3 nitrogen and oxygen atoms in total. The van der Waals surface area contributed by atoms with Crippen LogP contribution < -0.4 is 5.32 Å². The molecule has 0 aliphatic rings. The van der Waals surface area contributed by atoms with Crippen LogP contribution >= 0.6 is 11.6 Å². The zero-order valence-electron chi connectivity index (χ0n) is 8.38. The number of benzene rings is 1. The van der Waals surface area contributed by atoms with Gasteiger partial charge in [-0.15, -0.1) is 0 Å². The fraction of sp³-hybridized carbons (Fsp3) is 0.182. The van der Waals surface area contributed by atoms with Gasteiger partial charge in [-0.3, -0.25) is 0 Å². The Labute approximate surface area is 93.4 Å². The minimum Gasteiger partial charge on any atom is -0.478 e. The quantitative estimate of drug-likeness (QED) is 0.775. The van der Waals surface area contributed by atoms with E-state index in [1.165, 1.54) is 6.07 Å². The van der Waals surface area contributed by atoms with Crippen molar-refractivity contribution in [1.29, 1.82) is 0 Å². The van der Waals surface area contributed by atoms with Gasteiger partial charge in [0.15, 0.2) is 0 Å². The Hall–Kier alpha value is -1.48. The molecule has 0 saturated heterocycles. The van der Waals surface area contributed by atoms with Crippen LogP contribution in [0.15, 0.2) is 30.4 Å². The van der Waals surface area contributed by atoms with E-state index in [1.54, 1.807) is 12.1 Å². The third-order valence-electron chi connectivity index (χ3n) is 1.79. The first-order valence-corrected chi connectivity index (χ1v) is 4.79. The number of rotatable bonds is 4. The van der Waals surface area contributed by atoms with E-state index in [4.69, 9.17) is 16.7 Å². The van der Waals surface area contributed by atoms with Gasteiger partial charge in [0.2, 0.25) is 0 Å². The molecule has 0 bridgehead atoms. The van der Waals surface area contributed by atoms with Crippen LogP contribution in [0.2, 0.25) is 5.02 Å². The summed E-state index contributed by atoms with van der Waals surface area (Å²) in [5.74, 6) is -0.998. The van der Waals surface area contributed by atoms with Crippen LogP contribution in [-0.2, 0) is 0 Å². The molecule has 1 aromatic rings. The van der Waals surface area contributed by atoms with E-state index in [9.17, 15) is 4.79 Å². The molecule has 0 amide bonds. The number of aromatic carboxylic acids is 1. The van der Waals surface area contributed by atoms with Crippen LogP contribution in [0.4, 0.5) is 5.69 Å². The molecule has 2 N–H and O–H groups in total. The van der Waals surface area contributed by atoms with Crippen molar-refractivity contribution in [1.82, 2.24) is 0 Å². The van der Waals surface area contributed by atoms with Crippen LogP contribution in [0.1, 0.15) is 17.3 Å². The van der Waals surface area contributed by atoms with Gasteiger partial charge in [0.05, 0.1) is 5.56 Å². The summed E-state index contributed by atoms with van der Waals surface area (Å²) >= 11 is 5.71. The van der Waals surface area contributed by atoms with E-state index in [0.29, 0.717) is 17.3 Å². The molecule has 1 aromatic carbocycles. The number of hydrogen-bond acceptors (Lipinski definition) is 2. The minimum atomic E-state index is -0.998. The summed E-state index contributed by atoms with van der Waals surface area (Å²) < 4.78 is 0. The number of hydrogen-bond donors (Lipinski definition) is 2. The molecule has 0 aliphatic carbocycles. The molecule has 1 rings (SSSR count). The molecule has 80 valence electrons. The van der Waals surface area contributed by atoms with Crippen LogP contribution in [0.25, 0.3) is 0 Å². The Morgan fingerprint density at radius 2 is 2.27 bits per heavy atom. The molecule has 0 radical (unpaired) electrons. The summed E-state index contributed by atoms with van der Waals surface area (Å²) in [6.45, 7) is 6.13. The molecular formula is C11H12ClNO2. The molecule has 0 spiro atoms. The topological polar surface area (TPSA) is 49.3 Å². The highest BCUT2D eigenvalue weighted by atomic mass is 35.5. The maximum absolute atomic E-state index is 10.9. The molecule has 0 unspecified atom stereocenters. The average Bonchev–Trinajstić information content (AvgIpc) is 2.15. The van der Waals surface area contributed by atoms with Crippen molar-refractivity contribution in [3.05, 3.63) is 40.9 Å². The highest BCUT2D eigenvalue weighted by Gasteiger charge is 2.09. The lowest BCUT2D eigenvalue weighted by Crippen LogP contribution is -2.07. The molecule has 0 aromatic heterocycles. The fourth-order valence-corrected chi connectivity index (χ4v) is 1.27. The van der Waals surface area contributed by atoms with Gasteiger partial charge in [-0.2, -0.15) is 0 Å². The number of carboxylic acids is 1. The van der Waals surface area contributed by atoms with Crippen molar-refractivity contribution in [3.8, 4) is 0 Å². The maximum Gasteiger partial charge on any atom is 0.337 e. The first-order chi connectivity index (χ1) is 7.00. The Balaban J connectivity index is 2.95. The van der Waals surface area contributed by atoms with Gasteiger partial charge in [0, 0.05) is 17.3 Å². The van der Waals surface area contributed by atoms with Crippen LogP contribution in [0.5, 0.6) is 0 Å². The highest BCUT2D eigenvalue weighted by molar-refractivity contribution is 6.31.